The molecule has 1 saturated carbocycles. The molecule has 0 unspecified atom stereocenters. The van der Waals surface area contributed by atoms with Crippen molar-refractivity contribution in [2.75, 3.05) is 18.8 Å². The lowest BCUT2D eigenvalue weighted by Crippen LogP contribution is -2.50. The van der Waals surface area contributed by atoms with Crippen LogP contribution in [0.2, 0.25) is 0 Å². The Kier molecular flexibility index (Phi) is 6.48. The maximum absolute atomic E-state index is 12.5. The van der Waals surface area contributed by atoms with Crippen molar-refractivity contribution < 1.29 is 16.8 Å². The molecule has 0 bridgehead atoms. The first-order valence-electron chi connectivity index (χ1n) is 8.27. The number of nitrogens with one attached hydrogen (secondary N) is 1. The lowest BCUT2D eigenvalue weighted by molar-refractivity contribution is 0.343. The van der Waals surface area contributed by atoms with Crippen LogP contribution in [0.1, 0.15) is 51.4 Å². The Morgan fingerprint density at radius 1 is 1.09 bits per heavy atom. The summed E-state index contributed by atoms with van der Waals surface area (Å²) in [4.78, 5) is 0. The highest BCUT2D eigenvalue weighted by atomic mass is 32.2. The largest absolute Gasteiger partial charge is 0.216 e. The highest BCUT2D eigenvalue weighted by Crippen LogP contribution is 2.23. The number of nitrogens with zero attached hydrogens (tertiary/aromatic N) is 1. The molecule has 1 N–H and O–H groups in total. The Labute approximate surface area is 140 Å². The number of terminal acetylenes is 1. The van der Waals surface area contributed by atoms with Crippen LogP contribution < -0.4 is 4.72 Å². The molecule has 1 saturated heterocycles. The van der Waals surface area contributed by atoms with Crippen molar-refractivity contribution >= 4 is 20.0 Å². The second-order valence-electron chi connectivity index (χ2n) is 6.39. The van der Waals surface area contributed by atoms with Gasteiger partial charge in [-0.05, 0) is 32.1 Å². The molecule has 8 heteroatoms. The normalized spacial score (nSPS) is 24.6. The first-order valence-corrected chi connectivity index (χ1v) is 11.4. The Bertz CT molecular complexity index is 631. The van der Waals surface area contributed by atoms with E-state index in [-0.39, 0.29) is 18.3 Å². The van der Waals surface area contributed by atoms with Crippen molar-refractivity contribution in [2.24, 2.45) is 0 Å². The summed E-state index contributed by atoms with van der Waals surface area (Å²) < 4.78 is 53.8. The molecule has 1 aliphatic heterocycles. The molecule has 0 aromatic carbocycles. The highest BCUT2D eigenvalue weighted by Gasteiger charge is 2.36. The van der Waals surface area contributed by atoms with E-state index >= 15 is 0 Å². The number of unbranched alkanes of at least 4 members (excludes halogenated alkanes) is 1. The van der Waals surface area contributed by atoms with Gasteiger partial charge in [0.15, 0.2) is 0 Å². The molecule has 1 heterocycles. The molecule has 2 rings (SSSR count). The predicted octanol–water partition coefficient (Wildman–Crippen LogP) is 1.06. The van der Waals surface area contributed by atoms with E-state index in [0.29, 0.717) is 32.2 Å². The van der Waals surface area contributed by atoms with Gasteiger partial charge in [-0.1, -0.05) is 12.8 Å². The molecule has 0 spiro atoms. The fourth-order valence-corrected chi connectivity index (χ4v) is 6.69. The van der Waals surface area contributed by atoms with Gasteiger partial charge in [0.2, 0.25) is 20.0 Å². The molecule has 0 radical (unpaired) electrons. The zero-order valence-corrected chi connectivity index (χ0v) is 15.0. The van der Waals surface area contributed by atoms with Gasteiger partial charge < -0.3 is 0 Å². The van der Waals surface area contributed by atoms with Crippen LogP contribution in [0.15, 0.2) is 0 Å². The van der Waals surface area contributed by atoms with E-state index in [1.165, 1.54) is 4.31 Å². The van der Waals surface area contributed by atoms with Gasteiger partial charge in [-0.3, -0.25) is 0 Å². The molecule has 2 aliphatic rings. The van der Waals surface area contributed by atoms with E-state index in [1.54, 1.807) is 0 Å². The number of rotatable bonds is 7. The molecular weight excluding hydrogens is 336 g/mol. The lowest BCUT2D eigenvalue weighted by Gasteiger charge is -2.32. The van der Waals surface area contributed by atoms with E-state index in [2.05, 4.69) is 10.6 Å². The fourth-order valence-electron chi connectivity index (χ4n) is 3.27. The maximum atomic E-state index is 12.5. The smallest absolute Gasteiger partial charge is 0.212 e. The van der Waals surface area contributed by atoms with Gasteiger partial charge in [-0.25, -0.2) is 25.9 Å². The molecule has 6 nitrogen and oxygen atoms in total. The molecule has 2 fully saturated rings. The Morgan fingerprint density at radius 2 is 1.78 bits per heavy atom. The van der Waals surface area contributed by atoms with Gasteiger partial charge in [-0.15, -0.1) is 12.3 Å². The van der Waals surface area contributed by atoms with Crippen molar-refractivity contribution in [2.45, 2.75) is 62.7 Å². The SMILES string of the molecule is C#CCCCS(=O)(=O)N1CCC[C@H](S(=O)(=O)NC2CCCC2)C1. The van der Waals surface area contributed by atoms with Gasteiger partial charge in [-0.2, -0.15) is 0 Å². The van der Waals surface area contributed by atoms with E-state index in [9.17, 15) is 16.8 Å². The van der Waals surface area contributed by atoms with Crippen LogP contribution >= 0.6 is 0 Å². The van der Waals surface area contributed by atoms with Crippen LogP contribution in [0, 0.1) is 12.3 Å². The van der Waals surface area contributed by atoms with Crippen LogP contribution in [0.3, 0.4) is 0 Å². The van der Waals surface area contributed by atoms with Crippen LogP contribution in [0.4, 0.5) is 0 Å². The maximum Gasteiger partial charge on any atom is 0.216 e. The van der Waals surface area contributed by atoms with Gasteiger partial charge in [0.1, 0.15) is 0 Å². The highest BCUT2D eigenvalue weighted by molar-refractivity contribution is 7.90. The molecule has 132 valence electrons. The second kappa shape index (κ2) is 7.97. The van der Waals surface area contributed by atoms with Crippen molar-refractivity contribution in [3.8, 4) is 12.3 Å². The molecule has 0 aromatic rings. The standard InChI is InChI=1S/C15H26N2O4S2/c1-2-3-6-12-22(18,19)17-11-7-10-15(13-17)23(20,21)16-14-8-4-5-9-14/h1,14-16H,3-13H2/t15-/m0/s1. The molecular formula is C15H26N2O4S2. The summed E-state index contributed by atoms with van der Waals surface area (Å²) in [5.74, 6) is 2.41. The predicted molar refractivity (Wildman–Crippen MR) is 90.8 cm³/mol. The lowest BCUT2D eigenvalue weighted by atomic mass is 10.2. The van der Waals surface area contributed by atoms with Gasteiger partial charge >= 0.3 is 0 Å². The van der Waals surface area contributed by atoms with E-state index in [4.69, 9.17) is 6.42 Å². The molecule has 0 amide bonds. The minimum atomic E-state index is -3.47. The zero-order chi connectivity index (χ0) is 16.9. The average Bonchev–Trinajstić information content (AvgIpc) is 3.00. The summed E-state index contributed by atoms with van der Waals surface area (Å²) in [5.41, 5.74) is 0. The van der Waals surface area contributed by atoms with E-state index in [0.717, 1.165) is 25.7 Å². The average molecular weight is 363 g/mol. The summed E-state index contributed by atoms with van der Waals surface area (Å²) in [7, 11) is -6.90. The first-order chi connectivity index (χ1) is 10.8. The summed E-state index contributed by atoms with van der Waals surface area (Å²) in [5, 5.41) is -0.653. The van der Waals surface area contributed by atoms with Crippen molar-refractivity contribution in [3.05, 3.63) is 0 Å². The quantitative estimate of drug-likeness (QED) is 0.542. The summed E-state index contributed by atoms with van der Waals surface area (Å²) >= 11 is 0. The second-order valence-corrected chi connectivity index (χ2v) is 10.5. The Morgan fingerprint density at radius 3 is 2.43 bits per heavy atom. The summed E-state index contributed by atoms with van der Waals surface area (Å²) in [6, 6.07) is 0.0163. The van der Waals surface area contributed by atoms with Crippen molar-refractivity contribution in [3.63, 3.8) is 0 Å². The fraction of sp³-hybridized carbons (Fsp3) is 0.867. The number of hydrogen-bond acceptors (Lipinski definition) is 4. The van der Waals surface area contributed by atoms with Crippen LogP contribution in [-0.2, 0) is 20.0 Å². The molecule has 0 aromatic heterocycles. The molecule has 1 atom stereocenters. The topological polar surface area (TPSA) is 83.6 Å². The molecule has 1 aliphatic carbocycles. The monoisotopic (exact) mass is 362 g/mol. The van der Waals surface area contributed by atoms with Gasteiger partial charge in [0, 0.05) is 25.6 Å². The van der Waals surface area contributed by atoms with Gasteiger partial charge in [0.25, 0.3) is 0 Å². The summed E-state index contributed by atoms with van der Waals surface area (Å²) in [6.07, 6.45) is 10.9. The zero-order valence-electron chi connectivity index (χ0n) is 13.4. The Hall–Kier alpha value is -0.620. The minimum absolute atomic E-state index is 0.0139. The summed E-state index contributed by atoms with van der Waals surface area (Å²) in [6.45, 7) is 0.453. The van der Waals surface area contributed by atoms with E-state index < -0.39 is 25.3 Å². The number of piperidine rings is 1. The molecule has 23 heavy (non-hydrogen) atoms. The third-order valence-corrected chi connectivity index (χ3v) is 8.43. The third-order valence-electron chi connectivity index (χ3n) is 4.58. The van der Waals surface area contributed by atoms with Gasteiger partial charge in [0.05, 0.1) is 11.0 Å². The Balaban J connectivity index is 1.98. The van der Waals surface area contributed by atoms with Crippen LogP contribution in [0.25, 0.3) is 0 Å². The van der Waals surface area contributed by atoms with Crippen molar-refractivity contribution in [1.82, 2.24) is 9.03 Å². The van der Waals surface area contributed by atoms with Crippen LogP contribution in [0.5, 0.6) is 0 Å². The van der Waals surface area contributed by atoms with Crippen molar-refractivity contribution in [1.29, 1.82) is 0 Å². The van der Waals surface area contributed by atoms with E-state index in [1.807, 2.05) is 0 Å². The van der Waals surface area contributed by atoms with Crippen LogP contribution in [-0.4, -0.2) is 51.3 Å². The minimum Gasteiger partial charge on any atom is -0.212 e. The third kappa shape index (κ3) is 5.18. The number of hydrogen-bond donors (Lipinski definition) is 1. The number of sulfonamides is 2. The first kappa shape index (κ1) is 18.7.